The Bertz CT molecular complexity index is 598. The van der Waals surface area contributed by atoms with Crippen LogP contribution in [0.4, 0.5) is 0 Å². The van der Waals surface area contributed by atoms with Crippen LogP contribution in [0.3, 0.4) is 0 Å². The first-order chi connectivity index (χ1) is 9.67. The molecule has 0 amide bonds. The van der Waals surface area contributed by atoms with Crippen LogP contribution < -0.4 is 5.32 Å². The molecular weight excluding hydrogens is 270 g/mol. The van der Waals surface area contributed by atoms with Gasteiger partial charge < -0.3 is 10.1 Å². The summed E-state index contributed by atoms with van der Waals surface area (Å²) in [4.78, 5) is 5.71. The highest BCUT2D eigenvalue weighted by molar-refractivity contribution is 7.15. The molecule has 0 atom stereocenters. The molecule has 2 aromatic heterocycles. The molecule has 0 saturated carbocycles. The molecular formula is C15H23N3OS. The Morgan fingerprint density at radius 3 is 3.00 bits per heavy atom. The van der Waals surface area contributed by atoms with E-state index >= 15 is 0 Å². The molecule has 4 nitrogen and oxygen atoms in total. The zero-order valence-corrected chi connectivity index (χ0v) is 13.5. The third-order valence-corrected chi connectivity index (χ3v) is 4.33. The minimum Gasteiger partial charge on any atom is -0.383 e. The van der Waals surface area contributed by atoms with Crippen LogP contribution in [-0.4, -0.2) is 36.2 Å². The summed E-state index contributed by atoms with van der Waals surface area (Å²) in [6.07, 6.45) is 3.31. The number of hydrogen-bond acceptors (Lipinski definition) is 4. The smallest absolute Gasteiger partial charge is 0.194 e. The Morgan fingerprint density at radius 1 is 1.50 bits per heavy atom. The monoisotopic (exact) mass is 293 g/mol. The fourth-order valence-corrected chi connectivity index (χ4v) is 3.11. The van der Waals surface area contributed by atoms with Gasteiger partial charge in [0.2, 0.25) is 0 Å². The first kappa shape index (κ1) is 15.2. The van der Waals surface area contributed by atoms with Crippen LogP contribution in [0.15, 0.2) is 11.0 Å². The second kappa shape index (κ2) is 7.02. The maximum Gasteiger partial charge on any atom is 0.194 e. The van der Waals surface area contributed by atoms with Gasteiger partial charge in [0.05, 0.1) is 18.0 Å². The zero-order chi connectivity index (χ0) is 14.5. The van der Waals surface area contributed by atoms with E-state index in [0.29, 0.717) is 0 Å². The second-order valence-corrected chi connectivity index (χ2v) is 5.74. The van der Waals surface area contributed by atoms with E-state index in [9.17, 15) is 0 Å². The predicted molar refractivity (Wildman–Crippen MR) is 85.6 cm³/mol. The maximum absolute atomic E-state index is 5.05. The lowest BCUT2D eigenvalue weighted by atomic mass is 10.1. The summed E-state index contributed by atoms with van der Waals surface area (Å²) >= 11 is 1.70. The largest absolute Gasteiger partial charge is 0.383 e. The Hall–Kier alpha value is -1.17. The minimum atomic E-state index is 0.747. The third-order valence-electron chi connectivity index (χ3n) is 3.38. The molecule has 0 aliphatic carbocycles. The van der Waals surface area contributed by atoms with Crippen molar-refractivity contribution in [1.82, 2.24) is 14.7 Å². The van der Waals surface area contributed by atoms with E-state index in [-0.39, 0.29) is 0 Å². The van der Waals surface area contributed by atoms with E-state index in [0.717, 1.165) is 36.8 Å². The number of nitrogens with zero attached hydrogens (tertiary/aromatic N) is 2. The van der Waals surface area contributed by atoms with Crippen LogP contribution in [0.25, 0.3) is 11.0 Å². The average Bonchev–Trinajstić information content (AvgIpc) is 2.94. The van der Waals surface area contributed by atoms with E-state index in [4.69, 9.17) is 4.74 Å². The molecule has 2 rings (SSSR count). The summed E-state index contributed by atoms with van der Waals surface area (Å²) in [5.74, 6) is 0. The molecule has 0 saturated heterocycles. The van der Waals surface area contributed by atoms with E-state index < -0.39 is 0 Å². The molecule has 0 aromatic carbocycles. The van der Waals surface area contributed by atoms with Crippen molar-refractivity contribution in [2.24, 2.45) is 0 Å². The Labute approximate surface area is 124 Å². The molecule has 0 radical (unpaired) electrons. The van der Waals surface area contributed by atoms with Gasteiger partial charge in [-0.3, -0.25) is 4.40 Å². The lowest BCUT2D eigenvalue weighted by Crippen LogP contribution is -2.21. The zero-order valence-electron chi connectivity index (χ0n) is 12.7. The first-order valence-electron chi connectivity index (χ1n) is 6.99. The number of aromatic nitrogens is 2. The summed E-state index contributed by atoms with van der Waals surface area (Å²) in [5, 5.41) is 5.56. The van der Waals surface area contributed by atoms with Crippen LogP contribution in [0.5, 0.6) is 0 Å². The summed E-state index contributed by atoms with van der Waals surface area (Å²) in [6.45, 7) is 8.93. The second-order valence-electron chi connectivity index (χ2n) is 4.90. The van der Waals surface area contributed by atoms with Gasteiger partial charge in [0.15, 0.2) is 4.96 Å². The molecule has 5 heteroatoms. The number of nitrogens with one attached hydrogen (secondary N) is 1. The third kappa shape index (κ3) is 3.29. The fraction of sp³-hybridized carbons (Fsp3) is 0.533. The molecule has 0 bridgehead atoms. The van der Waals surface area contributed by atoms with Crippen molar-refractivity contribution in [3.8, 4) is 0 Å². The van der Waals surface area contributed by atoms with Crippen LogP contribution in [0.1, 0.15) is 30.4 Å². The van der Waals surface area contributed by atoms with E-state index in [1.54, 1.807) is 18.4 Å². The number of methoxy groups -OCH3 is 1. The first-order valence-corrected chi connectivity index (χ1v) is 7.87. The van der Waals surface area contributed by atoms with Gasteiger partial charge in [-0.1, -0.05) is 12.5 Å². The summed E-state index contributed by atoms with van der Waals surface area (Å²) in [5.41, 5.74) is 4.95. The molecule has 0 spiro atoms. The van der Waals surface area contributed by atoms with Crippen molar-refractivity contribution < 1.29 is 4.74 Å². The fourth-order valence-electron chi connectivity index (χ4n) is 2.19. The number of aryl methyl sites for hydroxylation is 2. The van der Waals surface area contributed by atoms with Gasteiger partial charge in [-0.15, -0.1) is 11.3 Å². The Morgan fingerprint density at radius 2 is 2.30 bits per heavy atom. The number of hydrogen-bond donors (Lipinski definition) is 1. The van der Waals surface area contributed by atoms with E-state index in [2.05, 4.69) is 46.9 Å². The van der Waals surface area contributed by atoms with Gasteiger partial charge in [0.25, 0.3) is 0 Å². The highest BCUT2D eigenvalue weighted by Gasteiger charge is 2.10. The Kier molecular flexibility index (Phi) is 5.34. The van der Waals surface area contributed by atoms with Gasteiger partial charge >= 0.3 is 0 Å². The van der Waals surface area contributed by atoms with Gasteiger partial charge in [0.1, 0.15) is 0 Å². The van der Waals surface area contributed by atoms with Crippen molar-refractivity contribution in [2.75, 3.05) is 26.8 Å². The molecule has 2 aromatic rings. The minimum absolute atomic E-state index is 0.747. The molecule has 0 unspecified atom stereocenters. The number of fused-ring (bicyclic) bond motifs is 1. The van der Waals surface area contributed by atoms with Crippen LogP contribution in [0.2, 0.25) is 0 Å². The van der Waals surface area contributed by atoms with Crippen molar-refractivity contribution in [1.29, 1.82) is 0 Å². The van der Waals surface area contributed by atoms with Gasteiger partial charge in [-0.25, -0.2) is 4.98 Å². The molecule has 20 heavy (non-hydrogen) atoms. The molecule has 110 valence electrons. The summed E-state index contributed by atoms with van der Waals surface area (Å²) in [7, 11) is 1.73. The van der Waals surface area contributed by atoms with Crippen LogP contribution >= 0.6 is 11.3 Å². The molecule has 0 aliphatic rings. The molecule has 2 heterocycles. The maximum atomic E-state index is 5.05. The summed E-state index contributed by atoms with van der Waals surface area (Å²) < 4.78 is 7.29. The van der Waals surface area contributed by atoms with Crippen molar-refractivity contribution in [2.45, 2.75) is 27.2 Å². The predicted octanol–water partition coefficient (Wildman–Crippen LogP) is 3.04. The normalized spacial score (nSPS) is 12.5. The van der Waals surface area contributed by atoms with Crippen LogP contribution in [0, 0.1) is 13.8 Å². The summed E-state index contributed by atoms with van der Waals surface area (Å²) in [6, 6.07) is 0. The Balaban J connectivity index is 2.20. The average molecular weight is 293 g/mol. The van der Waals surface area contributed by atoms with Gasteiger partial charge in [0, 0.05) is 31.3 Å². The van der Waals surface area contributed by atoms with Crippen molar-refractivity contribution >= 4 is 22.4 Å². The quantitative estimate of drug-likeness (QED) is 0.797. The van der Waals surface area contributed by atoms with Crippen molar-refractivity contribution in [3.05, 3.63) is 28.0 Å². The number of rotatable bonds is 7. The van der Waals surface area contributed by atoms with Gasteiger partial charge in [-0.2, -0.15) is 0 Å². The van der Waals surface area contributed by atoms with E-state index in [1.165, 1.54) is 17.0 Å². The van der Waals surface area contributed by atoms with Crippen LogP contribution in [-0.2, 0) is 4.74 Å². The molecule has 1 N–H and O–H groups in total. The SMILES string of the molecule is CCC(=Cc1c(C)nc2scc(C)n12)CNCCOC. The van der Waals surface area contributed by atoms with Gasteiger partial charge in [-0.05, 0) is 26.3 Å². The van der Waals surface area contributed by atoms with Crippen molar-refractivity contribution in [3.63, 3.8) is 0 Å². The highest BCUT2D eigenvalue weighted by Crippen LogP contribution is 2.22. The number of imidazole rings is 1. The lowest BCUT2D eigenvalue weighted by molar-refractivity contribution is 0.200. The highest BCUT2D eigenvalue weighted by atomic mass is 32.1. The topological polar surface area (TPSA) is 38.6 Å². The molecule has 0 fully saturated rings. The number of thiazole rings is 1. The number of ether oxygens (including phenoxy) is 1. The van der Waals surface area contributed by atoms with E-state index in [1.807, 2.05) is 0 Å². The standard InChI is InChI=1S/C15H23N3OS/c1-5-13(9-16-6-7-19-4)8-14-12(3)17-15-18(14)11(2)10-20-15/h8,10,16H,5-7,9H2,1-4H3. The lowest BCUT2D eigenvalue weighted by Gasteiger charge is -2.07. The molecule has 0 aliphatic heterocycles.